The lowest BCUT2D eigenvalue weighted by Crippen LogP contribution is -2.64. The fourth-order valence-corrected chi connectivity index (χ4v) is 3.96. The monoisotopic (exact) mass is 500 g/mol. The summed E-state index contributed by atoms with van der Waals surface area (Å²) in [7, 11) is 2.08. The largest absolute Gasteiger partial charge is 0.444 e. The Morgan fingerprint density at radius 1 is 1.23 bits per heavy atom. The van der Waals surface area contributed by atoms with E-state index in [2.05, 4.69) is 45.7 Å². The lowest BCUT2D eigenvalue weighted by atomic mass is 9.73. The van der Waals surface area contributed by atoms with Crippen LogP contribution >= 0.6 is 0 Å². The van der Waals surface area contributed by atoms with E-state index in [4.69, 9.17) is 4.74 Å². The molecule has 0 unspecified atom stereocenters. The molecule has 0 aliphatic carbocycles. The molecule has 1 aromatic rings. The highest BCUT2D eigenvalue weighted by Crippen LogP contribution is 2.41. The lowest BCUT2D eigenvalue weighted by Gasteiger charge is -2.56. The van der Waals surface area contributed by atoms with Gasteiger partial charge in [-0.25, -0.2) is 24.8 Å². The molecule has 3 heterocycles. The molecule has 0 bridgehead atoms. The summed E-state index contributed by atoms with van der Waals surface area (Å²) < 4.78 is 37.9. The van der Waals surface area contributed by atoms with Crippen LogP contribution in [0.2, 0.25) is 0 Å². The number of carbonyl (C=O) groups is 1. The molecule has 2 aliphatic rings. The van der Waals surface area contributed by atoms with Crippen LogP contribution in [0.25, 0.3) is 0 Å². The van der Waals surface area contributed by atoms with Gasteiger partial charge in [0.05, 0.1) is 18.4 Å². The summed E-state index contributed by atoms with van der Waals surface area (Å²) in [4.78, 5) is 27.2. The van der Waals surface area contributed by atoms with Crippen LogP contribution in [0.5, 0.6) is 0 Å². The van der Waals surface area contributed by atoms with Gasteiger partial charge in [-0.3, -0.25) is 4.98 Å². The van der Waals surface area contributed by atoms with Crippen molar-refractivity contribution in [2.45, 2.75) is 78.6 Å². The molecule has 11 heteroatoms. The zero-order chi connectivity index (χ0) is 26.4. The second-order valence-electron chi connectivity index (χ2n) is 10.2. The first kappa shape index (κ1) is 29.0. The van der Waals surface area contributed by atoms with Crippen molar-refractivity contribution in [2.24, 2.45) is 10.4 Å². The van der Waals surface area contributed by atoms with Gasteiger partial charge in [-0.1, -0.05) is 13.8 Å². The number of hydrogen-bond donors (Lipinski definition) is 0. The van der Waals surface area contributed by atoms with Gasteiger partial charge in [0.2, 0.25) is 0 Å². The molecule has 0 N–H and O–H groups in total. The Balaban J connectivity index is 0.000000641. The SMILES string of the molecule is C=Nc1ncc(CC)nc1CN(C)N1CC2(CCN(C(=O)OC(C)(C)C)CC2)C1.CCC(F)(F)F. The number of hydrazine groups is 1. The second kappa shape index (κ2) is 11.6. The van der Waals surface area contributed by atoms with Crippen molar-refractivity contribution in [2.75, 3.05) is 33.2 Å². The topological polar surface area (TPSA) is 74.2 Å². The number of hydrogen-bond acceptors (Lipinski definition) is 7. The quantitative estimate of drug-likeness (QED) is 0.529. The Kier molecular flexibility index (Phi) is 9.63. The van der Waals surface area contributed by atoms with E-state index in [1.807, 2.05) is 25.7 Å². The summed E-state index contributed by atoms with van der Waals surface area (Å²) in [6.07, 6.45) is -0.235. The number of amides is 1. The van der Waals surface area contributed by atoms with Gasteiger partial charge in [0.15, 0.2) is 5.82 Å². The number of carbonyl (C=O) groups excluding carboxylic acids is 1. The maximum absolute atomic E-state index is 12.3. The molecular formula is C24H39F3N6O2. The number of alkyl halides is 3. The van der Waals surface area contributed by atoms with Gasteiger partial charge >= 0.3 is 12.3 Å². The highest BCUT2D eigenvalue weighted by Gasteiger charge is 2.47. The molecule has 35 heavy (non-hydrogen) atoms. The van der Waals surface area contributed by atoms with Crippen LogP contribution in [0.1, 0.15) is 65.3 Å². The molecule has 1 aromatic heterocycles. The van der Waals surface area contributed by atoms with E-state index in [-0.39, 0.29) is 6.09 Å². The number of halogens is 3. The summed E-state index contributed by atoms with van der Waals surface area (Å²) in [5.74, 6) is 0.606. The highest BCUT2D eigenvalue weighted by molar-refractivity contribution is 5.68. The van der Waals surface area contributed by atoms with Gasteiger partial charge in [0.1, 0.15) is 11.3 Å². The van der Waals surface area contributed by atoms with Crippen LogP contribution in [0.4, 0.5) is 23.8 Å². The fraction of sp³-hybridized carbons (Fsp3) is 0.750. The van der Waals surface area contributed by atoms with E-state index in [1.165, 1.54) is 0 Å². The van der Waals surface area contributed by atoms with Gasteiger partial charge in [-0.2, -0.15) is 13.2 Å². The van der Waals surface area contributed by atoms with E-state index in [0.29, 0.717) is 17.8 Å². The van der Waals surface area contributed by atoms with Gasteiger partial charge < -0.3 is 9.64 Å². The minimum Gasteiger partial charge on any atom is -0.444 e. The number of aliphatic imine (C=N–C) groups is 1. The molecular weight excluding hydrogens is 461 g/mol. The Bertz CT molecular complexity index is 856. The van der Waals surface area contributed by atoms with Gasteiger partial charge in [0.25, 0.3) is 0 Å². The molecule has 198 valence electrons. The summed E-state index contributed by atoms with van der Waals surface area (Å²) >= 11 is 0. The maximum Gasteiger partial charge on any atom is 0.410 e. The Morgan fingerprint density at radius 2 is 1.80 bits per heavy atom. The average molecular weight is 501 g/mol. The predicted molar refractivity (Wildman–Crippen MR) is 129 cm³/mol. The van der Waals surface area contributed by atoms with Crippen molar-refractivity contribution in [3.05, 3.63) is 17.6 Å². The minimum absolute atomic E-state index is 0.195. The van der Waals surface area contributed by atoms with E-state index in [0.717, 1.165) is 63.8 Å². The normalized spacial score (nSPS) is 18.1. The zero-order valence-electron chi connectivity index (χ0n) is 21.8. The van der Waals surface area contributed by atoms with Crippen molar-refractivity contribution in [3.8, 4) is 0 Å². The summed E-state index contributed by atoms with van der Waals surface area (Å²) in [5, 5.41) is 4.54. The molecule has 0 saturated carbocycles. The summed E-state index contributed by atoms with van der Waals surface area (Å²) in [6.45, 7) is 16.7. The number of aromatic nitrogens is 2. The predicted octanol–water partition coefficient (Wildman–Crippen LogP) is 5.01. The average Bonchev–Trinajstić information content (AvgIpc) is 2.76. The zero-order valence-corrected chi connectivity index (χ0v) is 21.8. The van der Waals surface area contributed by atoms with Crippen LogP contribution in [0.15, 0.2) is 11.2 Å². The highest BCUT2D eigenvalue weighted by atomic mass is 19.4. The Hall–Kier alpha value is -2.27. The smallest absolute Gasteiger partial charge is 0.410 e. The molecule has 1 amide bonds. The van der Waals surface area contributed by atoms with Crippen LogP contribution in [-0.4, -0.2) is 82.7 Å². The maximum atomic E-state index is 12.3. The third-order valence-corrected chi connectivity index (χ3v) is 6.16. The van der Waals surface area contributed by atoms with Crippen molar-refractivity contribution >= 4 is 18.6 Å². The van der Waals surface area contributed by atoms with Crippen molar-refractivity contribution in [1.82, 2.24) is 24.9 Å². The minimum atomic E-state index is -3.96. The third-order valence-electron chi connectivity index (χ3n) is 6.16. The number of aryl methyl sites for hydroxylation is 1. The van der Waals surface area contributed by atoms with Gasteiger partial charge in [-0.05, 0) is 46.8 Å². The van der Waals surface area contributed by atoms with Gasteiger partial charge in [0, 0.05) is 45.1 Å². The van der Waals surface area contributed by atoms with Crippen LogP contribution < -0.4 is 0 Å². The molecule has 2 fully saturated rings. The van der Waals surface area contributed by atoms with E-state index in [1.54, 1.807) is 6.20 Å². The third kappa shape index (κ3) is 8.71. The lowest BCUT2D eigenvalue weighted by molar-refractivity contribution is -0.160. The number of likely N-dealkylation sites (tertiary alicyclic amines) is 1. The molecule has 2 aliphatic heterocycles. The molecule has 2 saturated heterocycles. The Labute approximate surface area is 206 Å². The number of rotatable bonds is 5. The fourth-order valence-electron chi connectivity index (χ4n) is 3.96. The van der Waals surface area contributed by atoms with Crippen LogP contribution in [-0.2, 0) is 17.7 Å². The number of nitrogens with zero attached hydrogens (tertiary/aromatic N) is 6. The summed E-state index contributed by atoms with van der Waals surface area (Å²) in [6, 6.07) is 0. The number of piperidine rings is 1. The molecule has 0 atom stereocenters. The first-order valence-electron chi connectivity index (χ1n) is 12.0. The first-order chi connectivity index (χ1) is 16.2. The molecule has 0 radical (unpaired) electrons. The van der Waals surface area contributed by atoms with Gasteiger partial charge in [-0.15, -0.1) is 0 Å². The summed E-state index contributed by atoms with van der Waals surface area (Å²) in [5.41, 5.74) is 1.68. The van der Waals surface area contributed by atoms with Crippen molar-refractivity contribution in [1.29, 1.82) is 0 Å². The van der Waals surface area contributed by atoms with Crippen molar-refractivity contribution in [3.63, 3.8) is 0 Å². The number of ether oxygens (including phenoxy) is 1. The standard InChI is InChI=1S/C21H34N6O2.C3H5F3/c1-7-16-12-23-18(22-5)17(24-16)13-25(6)27-14-21(15-27)8-10-26(11-9-21)19(28)29-20(2,3)4;1-2-3(4,5)6/h12H,5,7-11,13-15H2,1-4,6H3;2H2,1H3. The molecule has 1 spiro atoms. The van der Waals surface area contributed by atoms with Crippen molar-refractivity contribution < 1.29 is 22.7 Å². The molecule has 8 nitrogen and oxygen atoms in total. The van der Waals surface area contributed by atoms with E-state index in [9.17, 15) is 18.0 Å². The van der Waals surface area contributed by atoms with E-state index < -0.39 is 18.2 Å². The molecule has 0 aromatic carbocycles. The van der Waals surface area contributed by atoms with Crippen LogP contribution in [0, 0.1) is 5.41 Å². The second-order valence-corrected chi connectivity index (χ2v) is 10.2. The first-order valence-corrected chi connectivity index (χ1v) is 12.0. The van der Waals surface area contributed by atoms with Crippen LogP contribution in [0.3, 0.4) is 0 Å². The Morgan fingerprint density at radius 3 is 2.26 bits per heavy atom. The van der Waals surface area contributed by atoms with E-state index >= 15 is 0 Å². The molecule has 3 rings (SSSR count).